The molecule has 0 aliphatic carbocycles. The van der Waals surface area contributed by atoms with E-state index in [1.54, 1.807) is 7.11 Å². The minimum absolute atomic E-state index is 0.0201. The van der Waals surface area contributed by atoms with Gasteiger partial charge in [0.15, 0.2) is 8.32 Å². The second kappa shape index (κ2) is 5.09. The quantitative estimate of drug-likeness (QED) is 0.738. The van der Waals surface area contributed by atoms with Crippen molar-refractivity contribution in [3.63, 3.8) is 0 Å². The van der Waals surface area contributed by atoms with Crippen molar-refractivity contribution in [2.45, 2.75) is 75.7 Å². The lowest BCUT2D eigenvalue weighted by atomic mass is 9.90. The molecule has 6 heteroatoms. The second-order valence-corrected chi connectivity index (χ2v) is 12.5. The van der Waals surface area contributed by atoms with Gasteiger partial charge in [0.05, 0.1) is 18.7 Å². The van der Waals surface area contributed by atoms with Gasteiger partial charge in [0.1, 0.15) is 25.7 Å². The third-order valence-electron chi connectivity index (χ3n) is 5.42. The Hall–Kier alpha value is 0.122. The lowest BCUT2D eigenvalue weighted by Crippen LogP contribution is -2.56. The molecule has 0 saturated carbocycles. The predicted octanol–water partition coefficient (Wildman–Crippen LogP) is 1.54. The highest BCUT2D eigenvalue weighted by Crippen LogP contribution is 2.47. The molecule has 2 rings (SSSR count). The van der Waals surface area contributed by atoms with Crippen molar-refractivity contribution in [1.82, 2.24) is 0 Å². The maximum absolute atomic E-state index is 6.66. The Morgan fingerprint density at radius 2 is 1.95 bits per heavy atom. The fourth-order valence-electron chi connectivity index (χ4n) is 2.87. The average molecular weight is 300 g/mol. The Balaban J connectivity index is 2.26. The molecule has 2 heterocycles. The highest BCUT2D eigenvalue weighted by molar-refractivity contribution is 6.74. The SMILES string of the molecule is B[C@@H]1O[C@@]2([C@H](C)OC)CO[C@@H]1[C@@H]2O[Si](C)(C)C(C)(C)C. The zero-order valence-corrected chi connectivity index (χ0v) is 15.1. The van der Waals surface area contributed by atoms with Gasteiger partial charge in [0, 0.05) is 7.11 Å². The van der Waals surface area contributed by atoms with Crippen LogP contribution in [0.1, 0.15) is 27.7 Å². The summed E-state index contributed by atoms with van der Waals surface area (Å²) in [6.45, 7) is 13.9. The smallest absolute Gasteiger partial charge is 0.192 e. The summed E-state index contributed by atoms with van der Waals surface area (Å²) in [6, 6.07) is 0.0659. The van der Waals surface area contributed by atoms with E-state index in [1.807, 2.05) is 6.92 Å². The van der Waals surface area contributed by atoms with Crippen LogP contribution in [-0.4, -0.2) is 59.8 Å². The topological polar surface area (TPSA) is 36.9 Å². The average Bonchev–Trinajstić information content (AvgIpc) is 2.78. The van der Waals surface area contributed by atoms with E-state index in [0.717, 1.165) is 0 Å². The number of fused-ring (bicyclic) bond motifs is 2. The van der Waals surface area contributed by atoms with Gasteiger partial charge in [-0.2, -0.15) is 0 Å². The maximum Gasteiger partial charge on any atom is 0.192 e. The van der Waals surface area contributed by atoms with Gasteiger partial charge >= 0.3 is 0 Å². The molecular weight excluding hydrogens is 271 g/mol. The number of rotatable bonds is 4. The highest BCUT2D eigenvalue weighted by Gasteiger charge is 2.64. The van der Waals surface area contributed by atoms with Crippen LogP contribution in [0.2, 0.25) is 18.1 Å². The molecule has 0 spiro atoms. The van der Waals surface area contributed by atoms with E-state index in [1.165, 1.54) is 0 Å². The first kappa shape index (κ1) is 16.5. The molecule has 116 valence electrons. The summed E-state index contributed by atoms with van der Waals surface area (Å²) in [6.07, 6.45) is -0.0257. The third-order valence-corrected chi connectivity index (χ3v) is 9.87. The van der Waals surface area contributed by atoms with Crippen molar-refractivity contribution in [1.29, 1.82) is 0 Å². The van der Waals surface area contributed by atoms with Gasteiger partial charge in [0.2, 0.25) is 0 Å². The van der Waals surface area contributed by atoms with E-state index < -0.39 is 13.9 Å². The van der Waals surface area contributed by atoms with Crippen LogP contribution in [0.25, 0.3) is 0 Å². The molecule has 0 unspecified atom stereocenters. The number of ether oxygens (including phenoxy) is 3. The Labute approximate surface area is 125 Å². The summed E-state index contributed by atoms with van der Waals surface area (Å²) in [5, 5.41) is 0.176. The Morgan fingerprint density at radius 3 is 2.40 bits per heavy atom. The van der Waals surface area contributed by atoms with Crippen LogP contribution in [-0.2, 0) is 18.6 Å². The van der Waals surface area contributed by atoms with Gasteiger partial charge in [-0.05, 0) is 25.1 Å². The van der Waals surface area contributed by atoms with Crippen LogP contribution in [0.4, 0.5) is 0 Å². The van der Waals surface area contributed by atoms with Crippen molar-refractivity contribution in [2.24, 2.45) is 0 Å². The molecule has 0 aromatic rings. The van der Waals surface area contributed by atoms with Crippen LogP contribution in [0.15, 0.2) is 0 Å². The first-order chi connectivity index (χ1) is 9.05. The lowest BCUT2D eigenvalue weighted by molar-refractivity contribution is -0.170. The van der Waals surface area contributed by atoms with Crippen molar-refractivity contribution in [3.05, 3.63) is 0 Å². The van der Waals surface area contributed by atoms with E-state index in [4.69, 9.17) is 18.6 Å². The van der Waals surface area contributed by atoms with Crippen LogP contribution in [0, 0.1) is 0 Å². The van der Waals surface area contributed by atoms with Crippen LogP contribution < -0.4 is 0 Å². The molecule has 5 atom stereocenters. The van der Waals surface area contributed by atoms with E-state index in [-0.39, 0.29) is 29.4 Å². The molecule has 0 N–H and O–H groups in total. The Bertz CT molecular complexity index is 371. The molecule has 2 fully saturated rings. The molecule has 20 heavy (non-hydrogen) atoms. The first-order valence-corrected chi connectivity index (χ1v) is 10.5. The summed E-state index contributed by atoms with van der Waals surface area (Å²) < 4.78 is 24.4. The monoisotopic (exact) mass is 300 g/mol. The van der Waals surface area contributed by atoms with Crippen LogP contribution >= 0.6 is 0 Å². The molecule has 2 saturated heterocycles. The molecule has 2 bridgehead atoms. The number of hydrogen-bond donors (Lipinski definition) is 0. The second-order valence-electron chi connectivity index (χ2n) is 7.73. The van der Waals surface area contributed by atoms with Crippen molar-refractivity contribution in [2.75, 3.05) is 13.7 Å². The zero-order valence-electron chi connectivity index (χ0n) is 14.1. The number of hydrogen-bond acceptors (Lipinski definition) is 4. The zero-order chi connectivity index (χ0) is 15.3. The Morgan fingerprint density at radius 1 is 1.35 bits per heavy atom. The van der Waals surface area contributed by atoms with Gasteiger partial charge in [-0.1, -0.05) is 20.8 Å². The van der Waals surface area contributed by atoms with Crippen LogP contribution in [0.5, 0.6) is 0 Å². The maximum atomic E-state index is 6.66. The van der Waals surface area contributed by atoms with E-state index in [0.29, 0.717) is 6.61 Å². The van der Waals surface area contributed by atoms with Gasteiger partial charge in [-0.25, -0.2) is 0 Å². The lowest BCUT2D eigenvalue weighted by Gasteiger charge is -2.42. The summed E-state index contributed by atoms with van der Waals surface area (Å²) in [5.74, 6) is 0. The summed E-state index contributed by atoms with van der Waals surface area (Å²) in [5.41, 5.74) is -0.450. The number of methoxy groups -OCH3 is 1. The highest BCUT2D eigenvalue weighted by atomic mass is 28.4. The normalized spacial score (nSPS) is 39.2. The molecule has 0 aromatic carbocycles. The predicted molar refractivity (Wildman–Crippen MR) is 84.4 cm³/mol. The molecule has 2 aliphatic heterocycles. The summed E-state index contributed by atoms with van der Waals surface area (Å²) >= 11 is 0. The van der Waals surface area contributed by atoms with Crippen LogP contribution in [0.3, 0.4) is 0 Å². The van der Waals surface area contributed by atoms with Gasteiger partial charge in [-0.15, -0.1) is 0 Å². The van der Waals surface area contributed by atoms with E-state index in [9.17, 15) is 0 Å². The van der Waals surface area contributed by atoms with Gasteiger partial charge in [0.25, 0.3) is 0 Å². The van der Waals surface area contributed by atoms with E-state index >= 15 is 0 Å². The van der Waals surface area contributed by atoms with Gasteiger partial charge < -0.3 is 18.6 Å². The van der Waals surface area contributed by atoms with Crippen molar-refractivity contribution in [3.8, 4) is 0 Å². The molecule has 4 nitrogen and oxygen atoms in total. The molecule has 0 aromatic heterocycles. The fourth-order valence-corrected chi connectivity index (χ4v) is 4.20. The molecular formula is C14H29BO4Si. The summed E-state index contributed by atoms with van der Waals surface area (Å²) in [7, 11) is 1.93. The third kappa shape index (κ3) is 2.39. The summed E-state index contributed by atoms with van der Waals surface area (Å²) in [4.78, 5) is 0. The fraction of sp³-hybridized carbons (Fsp3) is 1.00. The van der Waals surface area contributed by atoms with E-state index in [2.05, 4.69) is 41.7 Å². The minimum atomic E-state index is -1.86. The minimum Gasteiger partial charge on any atom is -0.408 e. The molecule has 0 amide bonds. The first-order valence-electron chi connectivity index (χ1n) is 7.55. The Kier molecular flexibility index (Phi) is 4.20. The van der Waals surface area contributed by atoms with Crippen molar-refractivity contribution >= 4 is 16.2 Å². The standard InChI is InChI=1S/C14H29BO4Si/c1-9(16-5)14-8-17-10(12(15)18-14)11(14)19-20(6,7)13(2,3)4/h9-12H,8,15H2,1-7H3/t9-,10+,11-,12+,14+/m0/s1. The molecule has 0 radical (unpaired) electrons. The van der Waals surface area contributed by atoms with Crippen molar-refractivity contribution < 1.29 is 18.6 Å². The largest absolute Gasteiger partial charge is 0.408 e. The molecule has 2 aliphatic rings. The van der Waals surface area contributed by atoms with Gasteiger partial charge in [-0.3, -0.25) is 0 Å².